The number of aromatic nitrogens is 1. The van der Waals surface area contributed by atoms with E-state index in [0.29, 0.717) is 23.9 Å². The van der Waals surface area contributed by atoms with E-state index in [1.54, 1.807) is 0 Å². The number of nitrogens with one attached hydrogen (secondary N) is 1. The first-order chi connectivity index (χ1) is 12.5. The highest BCUT2D eigenvalue weighted by Crippen LogP contribution is 2.27. The topological polar surface area (TPSA) is 62.3 Å². The lowest BCUT2D eigenvalue weighted by molar-refractivity contribution is -0.121. The lowest BCUT2D eigenvalue weighted by atomic mass is 9.96. The van der Waals surface area contributed by atoms with Crippen molar-refractivity contribution in [3.8, 4) is 0 Å². The van der Waals surface area contributed by atoms with Gasteiger partial charge in [0.1, 0.15) is 4.88 Å². The Morgan fingerprint density at radius 2 is 2.00 bits per heavy atom. The van der Waals surface area contributed by atoms with Crippen LogP contribution in [0, 0.1) is 12.8 Å². The van der Waals surface area contributed by atoms with Crippen molar-refractivity contribution in [2.75, 3.05) is 18.4 Å². The minimum atomic E-state index is -0.175. The first-order valence-electron chi connectivity index (χ1n) is 9.08. The van der Waals surface area contributed by atoms with Crippen LogP contribution in [-0.2, 0) is 4.79 Å². The maximum atomic E-state index is 12.9. The number of piperidine rings is 1. The van der Waals surface area contributed by atoms with Gasteiger partial charge in [0.2, 0.25) is 5.91 Å². The standard InChI is InChI=1S/C20H25N3O2S/c1-13(2)19-21-14(3)17(26-19)20(25)23-11-7-8-15(12-23)18(24)22-16-9-5-4-6-10-16/h4-6,9-10,13,15H,7-8,11-12H2,1-3H3,(H,22,24). The molecule has 1 fully saturated rings. The van der Waals surface area contributed by atoms with E-state index < -0.39 is 0 Å². The number of likely N-dealkylation sites (tertiary alicyclic amines) is 1. The molecule has 1 atom stereocenters. The number of carbonyl (C=O) groups is 2. The average Bonchev–Trinajstić information content (AvgIpc) is 3.04. The number of carbonyl (C=O) groups excluding carboxylic acids is 2. The molecular weight excluding hydrogens is 346 g/mol. The normalized spacial score (nSPS) is 17.4. The maximum Gasteiger partial charge on any atom is 0.265 e. The third kappa shape index (κ3) is 4.12. The van der Waals surface area contributed by atoms with Crippen molar-refractivity contribution in [3.63, 3.8) is 0 Å². The number of benzene rings is 1. The first kappa shape index (κ1) is 18.6. The molecule has 1 aliphatic rings. The average molecular weight is 372 g/mol. The van der Waals surface area contributed by atoms with Gasteiger partial charge < -0.3 is 10.2 Å². The number of anilines is 1. The van der Waals surface area contributed by atoms with E-state index in [-0.39, 0.29) is 17.7 Å². The number of thiazole rings is 1. The van der Waals surface area contributed by atoms with Crippen molar-refractivity contribution in [3.05, 3.63) is 45.9 Å². The minimum absolute atomic E-state index is 0.00381. The molecular formula is C20H25N3O2S. The van der Waals surface area contributed by atoms with E-state index in [0.717, 1.165) is 29.2 Å². The molecule has 138 valence electrons. The van der Waals surface area contributed by atoms with Crippen LogP contribution in [-0.4, -0.2) is 34.8 Å². The Hall–Kier alpha value is -2.21. The number of nitrogens with zero attached hydrogens (tertiary/aromatic N) is 2. The molecule has 1 saturated heterocycles. The van der Waals surface area contributed by atoms with Crippen molar-refractivity contribution >= 4 is 28.8 Å². The van der Waals surface area contributed by atoms with Gasteiger partial charge in [-0.1, -0.05) is 32.0 Å². The lowest BCUT2D eigenvalue weighted by Crippen LogP contribution is -2.43. The molecule has 1 aromatic heterocycles. The third-order valence-corrected chi connectivity index (χ3v) is 6.07. The summed E-state index contributed by atoms with van der Waals surface area (Å²) in [7, 11) is 0. The largest absolute Gasteiger partial charge is 0.337 e. The van der Waals surface area contributed by atoms with Gasteiger partial charge in [0.25, 0.3) is 5.91 Å². The molecule has 0 radical (unpaired) electrons. The summed E-state index contributed by atoms with van der Waals surface area (Å²) in [5, 5.41) is 3.94. The molecule has 0 saturated carbocycles. The fourth-order valence-corrected chi connectivity index (χ4v) is 4.18. The monoisotopic (exact) mass is 371 g/mol. The molecule has 1 unspecified atom stereocenters. The van der Waals surface area contributed by atoms with Crippen LogP contribution in [0.3, 0.4) is 0 Å². The van der Waals surface area contributed by atoms with E-state index in [1.807, 2.05) is 42.2 Å². The molecule has 3 rings (SSSR count). The van der Waals surface area contributed by atoms with Crippen LogP contribution >= 0.6 is 11.3 Å². The Balaban J connectivity index is 1.68. The molecule has 6 heteroatoms. The Bertz CT molecular complexity index is 786. The lowest BCUT2D eigenvalue weighted by Gasteiger charge is -2.31. The van der Waals surface area contributed by atoms with Crippen molar-refractivity contribution in [1.82, 2.24) is 9.88 Å². The molecule has 1 N–H and O–H groups in total. The Labute approximate surface area is 158 Å². The molecule has 0 aliphatic carbocycles. The summed E-state index contributed by atoms with van der Waals surface area (Å²) in [6, 6.07) is 9.45. The van der Waals surface area contributed by atoms with Gasteiger partial charge in [-0.25, -0.2) is 4.98 Å². The van der Waals surface area contributed by atoms with Gasteiger partial charge in [0.05, 0.1) is 16.6 Å². The molecule has 1 aromatic carbocycles. The summed E-state index contributed by atoms with van der Waals surface area (Å²) in [5.74, 6) is 0.124. The second-order valence-corrected chi connectivity index (χ2v) is 8.10. The number of aryl methyl sites for hydroxylation is 1. The fraction of sp³-hybridized carbons (Fsp3) is 0.450. The molecule has 2 heterocycles. The first-order valence-corrected chi connectivity index (χ1v) is 9.90. The van der Waals surface area contributed by atoms with Gasteiger partial charge in [0.15, 0.2) is 0 Å². The van der Waals surface area contributed by atoms with Crippen LogP contribution < -0.4 is 5.32 Å². The number of amides is 2. The van der Waals surface area contributed by atoms with Crippen LogP contribution in [0.1, 0.15) is 53.0 Å². The van der Waals surface area contributed by atoms with Gasteiger partial charge in [-0.2, -0.15) is 0 Å². The maximum absolute atomic E-state index is 12.9. The fourth-order valence-electron chi connectivity index (χ4n) is 3.15. The number of hydrogen-bond acceptors (Lipinski definition) is 4. The quantitative estimate of drug-likeness (QED) is 0.881. The molecule has 2 aromatic rings. The Kier molecular flexibility index (Phi) is 5.71. The summed E-state index contributed by atoms with van der Waals surface area (Å²) in [5.41, 5.74) is 1.58. The van der Waals surface area contributed by atoms with Crippen LogP contribution in [0.2, 0.25) is 0 Å². The smallest absolute Gasteiger partial charge is 0.265 e. The SMILES string of the molecule is Cc1nc(C(C)C)sc1C(=O)N1CCCC(C(=O)Nc2ccccc2)C1. The summed E-state index contributed by atoms with van der Waals surface area (Å²) >= 11 is 1.48. The van der Waals surface area contributed by atoms with Crippen molar-refractivity contribution in [2.24, 2.45) is 5.92 Å². The third-order valence-electron chi connectivity index (χ3n) is 4.62. The van der Waals surface area contributed by atoms with E-state index >= 15 is 0 Å². The Morgan fingerprint density at radius 3 is 2.65 bits per heavy atom. The minimum Gasteiger partial charge on any atom is -0.337 e. The van der Waals surface area contributed by atoms with Crippen molar-refractivity contribution in [2.45, 2.75) is 39.5 Å². The van der Waals surface area contributed by atoms with Crippen LogP contribution in [0.15, 0.2) is 30.3 Å². The second-order valence-electron chi connectivity index (χ2n) is 7.07. The molecule has 0 spiro atoms. The van der Waals surface area contributed by atoms with Crippen LogP contribution in [0.4, 0.5) is 5.69 Å². The summed E-state index contributed by atoms with van der Waals surface area (Å²) in [4.78, 5) is 32.6. The molecule has 26 heavy (non-hydrogen) atoms. The van der Waals surface area contributed by atoms with E-state index in [9.17, 15) is 9.59 Å². The highest BCUT2D eigenvalue weighted by atomic mass is 32.1. The molecule has 2 amide bonds. The van der Waals surface area contributed by atoms with E-state index in [2.05, 4.69) is 24.1 Å². The van der Waals surface area contributed by atoms with Gasteiger partial charge in [-0.3, -0.25) is 9.59 Å². The number of rotatable bonds is 4. The summed E-state index contributed by atoms with van der Waals surface area (Å²) in [6.45, 7) is 7.21. The van der Waals surface area contributed by atoms with Crippen molar-refractivity contribution in [1.29, 1.82) is 0 Å². The number of hydrogen-bond donors (Lipinski definition) is 1. The van der Waals surface area contributed by atoms with E-state index in [4.69, 9.17) is 0 Å². The number of para-hydroxylation sites is 1. The highest BCUT2D eigenvalue weighted by Gasteiger charge is 2.30. The van der Waals surface area contributed by atoms with E-state index in [1.165, 1.54) is 11.3 Å². The Morgan fingerprint density at radius 1 is 1.27 bits per heavy atom. The summed E-state index contributed by atoms with van der Waals surface area (Å²) in [6.07, 6.45) is 1.65. The predicted molar refractivity (Wildman–Crippen MR) is 105 cm³/mol. The van der Waals surface area contributed by atoms with Gasteiger partial charge in [-0.15, -0.1) is 11.3 Å². The van der Waals surface area contributed by atoms with Gasteiger partial charge in [0, 0.05) is 24.7 Å². The molecule has 0 bridgehead atoms. The van der Waals surface area contributed by atoms with Gasteiger partial charge >= 0.3 is 0 Å². The highest BCUT2D eigenvalue weighted by molar-refractivity contribution is 7.13. The van der Waals surface area contributed by atoms with Crippen LogP contribution in [0.5, 0.6) is 0 Å². The van der Waals surface area contributed by atoms with Crippen molar-refractivity contribution < 1.29 is 9.59 Å². The molecule has 1 aliphatic heterocycles. The van der Waals surface area contributed by atoms with Gasteiger partial charge in [-0.05, 0) is 31.9 Å². The predicted octanol–water partition coefficient (Wildman–Crippen LogP) is 4.07. The zero-order valence-electron chi connectivity index (χ0n) is 15.5. The zero-order valence-corrected chi connectivity index (χ0v) is 16.3. The molecule has 5 nitrogen and oxygen atoms in total. The van der Waals surface area contributed by atoms with Crippen LogP contribution in [0.25, 0.3) is 0 Å². The zero-order chi connectivity index (χ0) is 18.7. The summed E-state index contributed by atoms with van der Waals surface area (Å²) < 4.78 is 0. The second kappa shape index (κ2) is 7.99.